The Kier molecular flexibility index (Phi) is 4.28. The molecule has 0 atom stereocenters. The first-order valence-electron chi connectivity index (χ1n) is 7.27. The van der Waals surface area contributed by atoms with Gasteiger partial charge in [0.05, 0.1) is 21.1 Å². The number of aromatic nitrogens is 2. The summed E-state index contributed by atoms with van der Waals surface area (Å²) in [5.41, 5.74) is 6.81. The Morgan fingerprint density at radius 1 is 1.12 bits per heavy atom. The van der Waals surface area contributed by atoms with Crippen LogP contribution in [0.1, 0.15) is 17.5 Å². The van der Waals surface area contributed by atoms with Crippen molar-refractivity contribution in [3.8, 4) is 21.7 Å². The van der Waals surface area contributed by atoms with Crippen molar-refractivity contribution < 1.29 is 13.2 Å². The number of nitrogen functional groups attached to an aromatic ring is 1. The topological polar surface area (TPSA) is 51.8 Å². The highest BCUT2D eigenvalue weighted by Crippen LogP contribution is 2.39. The zero-order valence-corrected chi connectivity index (χ0v) is 13.6. The van der Waals surface area contributed by atoms with Crippen molar-refractivity contribution in [3.63, 3.8) is 0 Å². The smallest absolute Gasteiger partial charge is 0.384 e. The first-order chi connectivity index (χ1) is 11.4. The zero-order chi connectivity index (χ0) is 17.3. The number of anilines is 1. The zero-order valence-electron chi connectivity index (χ0n) is 12.8. The summed E-state index contributed by atoms with van der Waals surface area (Å²) in [6.07, 6.45) is -2.11. The first-order valence-corrected chi connectivity index (χ1v) is 8.09. The van der Waals surface area contributed by atoms with Crippen molar-refractivity contribution in [2.75, 3.05) is 5.73 Å². The van der Waals surface area contributed by atoms with E-state index in [-0.39, 0.29) is 0 Å². The van der Waals surface area contributed by atoms with Crippen LogP contribution in [0.25, 0.3) is 21.7 Å². The maximum Gasteiger partial charge on any atom is 0.416 e. The first kappa shape index (κ1) is 16.4. The summed E-state index contributed by atoms with van der Waals surface area (Å²) in [6.45, 7) is 1.96. The number of hydrogen-bond acceptors (Lipinski definition) is 4. The van der Waals surface area contributed by atoms with Crippen LogP contribution in [0.4, 0.5) is 19.0 Å². The van der Waals surface area contributed by atoms with E-state index in [1.54, 1.807) is 24.4 Å². The molecule has 124 valence electrons. The number of nitrogens with zero attached hydrogens (tertiary/aromatic N) is 2. The van der Waals surface area contributed by atoms with Crippen LogP contribution in [0.2, 0.25) is 0 Å². The molecular weight excluding hydrogens is 335 g/mol. The third kappa shape index (κ3) is 3.26. The summed E-state index contributed by atoms with van der Waals surface area (Å²) in [4.78, 5) is 9.26. The second-order valence-electron chi connectivity index (χ2n) is 5.19. The quantitative estimate of drug-likeness (QED) is 0.721. The molecule has 24 heavy (non-hydrogen) atoms. The monoisotopic (exact) mass is 349 g/mol. The minimum atomic E-state index is -4.39. The molecule has 0 unspecified atom stereocenters. The highest BCUT2D eigenvalue weighted by atomic mass is 32.1. The van der Waals surface area contributed by atoms with E-state index < -0.39 is 11.7 Å². The minimum Gasteiger partial charge on any atom is -0.384 e. The molecule has 0 radical (unpaired) electrons. The normalized spacial score (nSPS) is 11.7. The molecule has 0 fully saturated rings. The van der Waals surface area contributed by atoms with E-state index in [2.05, 4.69) is 9.97 Å². The number of thiazole rings is 1. The fourth-order valence-corrected chi connectivity index (χ4v) is 3.36. The van der Waals surface area contributed by atoms with Gasteiger partial charge in [0, 0.05) is 11.8 Å². The summed E-state index contributed by atoms with van der Waals surface area (Å²) in [7, 11) is 0. The van der Waals surface area contributed by atoms with Gasteiger partial charge in [-0.15, -0.1) is 11.3 Å². The molecule has 0 amide bonds. The molecule has 2 aromatic heterocycles. The molecule has 0 spiro atoms. The van der Waals surface area contributed by atoms with E-state index in [1.807, 2.05) is 6.92 Å². The van der Waals surface area contributed by atoms with Gasteiger partial charge >= 0.3 is 6.18 Å². The van der Waals surface area contributed by atoms with Crippen LogP contribution in [0, 0.1) is 0 Å². The maximum atomic E-state index is 13.0. The van der Waals surface area contributed by atoms with Gasteiger partial charge in [-0.1, -0.05) is 19.1 Å². The van der Waals surface area contributed by atoms with Crippen molar-refractivity contribution in [1.82, 2.24) is 9.97 Å². The third-order valence-corrected chi connectivity index (χ3v) is 4.73. The Morgan fingerprint density at radius 2 is 1.92 bits per heavy atom. The standard InChI is InChI=1S/C17H14F3N3S/c1-2-14-23-15(10-4-3-5-12(8-10)17(18,19)20)16(24-14)11-6-7-22-13(21)9-11/h3-9H,2H2,1H3,(H2,21,22). The molecule has 3 rings (SSSR count). The predicted octanol–water partition coefficient (Wildman–Crippen LogP) is 5.04. The highest BCUT2D eigenvalue weighted by molar-refractivity contribution is 7.15. The van der Waals surface area contributed by atoms with E-state index in [0.717, 1.165) is 27.6 Å². The van der Waals surface area contributed by atoms with Crippen LogP contribution in [0.3, 0.4) is 0 Å². The summed E-state index contributed by atoms with van der Waals surface area (Å²) >= 11 is 1.45. The number of pyridine rings is 1. The van der Waals surface area contributed by atoms with Crippen molar-refractivity contribution in [1.29, 1.82) is 0 Å². The largest absolute Gasteiger partial charge is 0.416 e. The molecule has 0 aliphatic rings. The molecule has 7 heteroatoms. The van der Waals surface area contributed by atoms with E-state index in [1.165, 1.54) is 17.4 Å². The van der Waals surface area contributed by atoms with Gasteiger partial charge in [0.2, 0.25) is 0 Å². The molecule has 0 bridgehead atoms. The fraction of sp³-hybridized carbons (Fsp3) is 0.176. The number of halogens is 3. The lowest BCUT2D eigenvalue weighted by molar-refractivity contribution is -0.137. The highest BCUT2D eigenvalue weighted by Gasteiger charge is 2.31. The van der Waals surface area contributed by atoms with E-state index in [4.69, 9.17) is 5.73 Å². The average Bonchev–Trinajstić information content (AvgIpc) is 2.99. The number of rotatable bonds is 3. The lowest BCUT2D eigenvalue weighted by Gasteiger charge is -2.09. The molecule has 0 aliphatic heterocycles. The van der Waals surface area contributed by atoms with E-state index in [9.17, 15) is 13.2 Å². The fourth-order valence-electron chi connectivity index (χ4n) is 2.34. The van der Waals surface area contributed by atoms with Crippen LogP contribution in [0.15, 0.2) is 42.6 Å². The van der Waals surface area contributed by atoms with Gasteiger partial charge in [-0.05, 0) is 36.2 Å². The molecule has 0 saturated heterocycles. The van der Waals surface area contributed by atoms with Crippen LogP contribution in [0.5, 0.6) is 0 Å². The van der Waals surface area contributed by atoms with E-state index >= 15 is 0 Å². The van der Waals surface area contributed by atoms with Crippen LogP contribution in [-0.4, -0.2) is 9.97 Å². The summed E-state index contributed by atoms with van der Waals surface area (Å²) < 4.78 is 39.0. The Bertz CT molecular complexity index is 872. The molecule has 0 aliphatic carbocycles. The van der Waals surface area contributed by atoms with Gasteiger partial charge in [0.1, 0.15) is 5.82 Å². The molecule has 2 N–H and O–H groups in total. The lowest BCUT2D eigenvalue weighted by atomic mass is 10.0. The van der Waals surface area contributed by atoms with Gasteiger partial charge in [0.15, 0.2) is 0 Å². The third-order valence-electron chi connectivity index (χ3n) is 3.48. The van der Waals surface area contributed by atoms with E-state index in [0.29, 0.717) is 23.5 Å². The summed E-state index contributed by atoms with van der Waals surface area (Å²) in [6, 6.07) is 8.69. The Balaban J connectivity index is 2.16. The second-order valence-corrected chi connectivity index (χ2v) is 6.27. The number of nitrogens with two attached hydrogens (primary N) is 1. The maximum absolute atomic E-state index is 13.0. The summed E-state index contributed by atoms with van der Waals surface area (Å²) in [5.74, 6) is 0.356. The summed E-state index contributed by atoms with van der Waals surface area (Å²) in [5, 5.41) is 0.854. The van der Waals surface area contributed by atoms with Gasteiger partial charge < -0.3 is 5.73 Å². The van der Waals surface area contributed by atoms with Crippen LogP contribution in [-0.2, 0) is 12.6 Å². The number of alkyl halides is 3. The minimum absolute atomic E-state index is 0.356. The van der Waals surface area contributed by atoms with Crippen LogP contribution < -0.4 is 5.73 Å². The Hall–Kier alpha value is -2.41. The average molecular weight is 349 g/mol. The molecule has 3 aromatic rings. The van der Waals surface area contributed by atoms with Crippen molar-refractivity contribution >= 4 is 17.2 Å². The van der Waals surface area contributed by atoms with Gasteiger partial charge in [-0.3, -0.25) is 0 Å². The molecule has 1 aromatic carbocycles. The molecule has 0 saturated carbocycles. The second kappa shape index (κ2) is 6.24. The number of aryl methyl sites for hydroxylation is 1. The number of benzene rings is 1. The Morgan fingerprint density at radius 3 is 2.58 bits per heavy atom. The van der Waals surface area contributed by atoms with Crippen molar-refractivity contribution in [3.05, 3.63) is 53.2 Å². The SMILES string of the molecule is CCc1nc(-c2cccc(C(F)(F)F)c2)c(-c2ccnc(N)c2)s1. The predicted molar refractivity (Wildman–Crippen MR) is 89.6 cm³/mol. The molecule has 3 nitrogen and oxygen atoms in total. The van der Waals surface area contributed by atoms with Gasteiger partial charge in [-0.25, -0.2) is 9.97 Å². The molecule has 2 heterocycles. The van der Waals surface area contributed by atoms with Gasteiger partial charge in [0.25, 0.3) is 0 Å². The van der Waals surface area contributed by atoms with Crippen LogP contribution >= 0.6 is 11.3 Å². The van der Waals surface area contributed by atoms with Gasteiger partial charge in [-0.2, -0.15) is 13.2 Å². The lowest BCUT2D eigenvalue weighted by Crippen LogP contribution is -2.04. The molecular formula is C17H14F3N3S. The number of hydrogen-bond donors (Lipinski definition) is 1. The van der Waals surface area contributed by atoms with Crippen molar-refractivity contribution in [2.45, 2.75) is 19.5 Å². The Labute approximate surface area is 141 Å². The van der Waals surface area contributed by atoms with Crippen molar-refractivity contribution in [2.24, 2.45) is 0 Å².